The molecule has 1 aliphatic heterocycles. The molecule has 13 heteroatoms. The van der Waals surface area contributed by atoms with Gasteiger partial charge < -0.3 is 29.9 Å². The van der Waals surface area contributed by atoms with Gasteiger partial charge in [0, 0.05) is 13.1 Å². The number of nitrogens with one attached hydrogen (secondary N) is 2. The number of esters is 1. The average Bonchev–Trinajstić information content (AvgIpc) is 2.98. The molecule has 0 aliphatic carbocycles. The summed E-state index contributed by atoms with van der Waals surface area (Å²) >= 11 is 0. The van der Waals surface area contributed by atoms with Gasteiger partial charge in [-0.2, -0.15) is 0 Å². The lowest BCUT2D eigenvalue weighted by atomic mass is 10.1. The number of ether oxygens (including phenoxy) is 2. The Balaban J connectivity index is 0.000000350. The van der Waals surface area contributed by atoms with Crippen molar-refractivity contribution in [1.29, 1.82) is 0 Å². The highest BCUT2D eigenvalue weighted by molar-refractivity contribution is 5.94. The van der Waals surface area contributed by atoms with Crippen LogP contribution in [0.25, 0.3) is 0 Å². The van der Waals surface area contributed by atoms with Gasteiger partial charge in [0.05, 0.1) is 13.2 Å². The molecule has 252 valence electrons. The molecule has 1 heterocycles. The van der Waals surface area contributed by atoms with E-state index in [2.05, 4.69) is 10.6 Å². The fourth-order valence-electron chi connectivity index (χ4n) is 4.39. The molecule has 1 fully saturated rings. The van der Waals surface area contributed by atoms with Crippen molar-refractivity contribution < 1.29 is 42.2 Å². The lowest BCUT2D eigenvalue weighted by molar-refractivity contribution is -0.150. The zero-order chi connectivity index (χ0) is 34.4. The van der Waals surface area contributed by atoms with Gasteiger partial charge in [0.25, 0.3) is 0 Å². The topological polar surface area (TPSA) is 134 Å². The molecule has 0 bridgehead atoms. The maximum atomic E-state index is 13.1. The van der Waals surface area contributed by atoms with Crippen molar-refractivity contribution in [3.05, 3.63) is 71.3 Å². The van der Waals surface area contributed by atoms with Gasteiger partial charge in [-0.1, -0.05) is 38.1 Å². The zero-order valence-corrected chi connectivity index (χ0v) is 27.2. The van der Waals surface area contributed by atoms with Crippen LogP contribution in [0.3, 0.4) is 0 Å². The smallest absolute Gasteiger partial charge is 0.408 e. The molecule has 2 aromatic rings. The summed E-state index contributed by atoms with van der Waals surface area (Å²) in [4.78, 5) is 63.2. The number of hydrogen-bond acceptors (Lipinski definition) is 7. The minimum Gasteiger partial charge on any atom is -0.465 e. The minimum absolute atomic E-state index is 0.0622. The number of benzene rings is 2. The zero-order valence-electron chi connectivity index (χ0n) is 27.2. The number of carbonyl (C=O) groups excluding carboxylic acids is 5. The fraction of sp³-hybridized carbons (Fsp3) is 0.485. The number of rotatable bonds is 11. The molecule has 0 unspecified atom stereocenters. The maximum Gasteiger partial charge on any atom is 0.408 e. The predicted molar refractivity (Wildman–Crippen MR) is 166 cm³/mol. The highest BCUT2D eigenvalue weighted by atomic mass is 19.1. The normalized spacial score (nSPS) is 15.1. The first kappa shape index (κ1) is 37.6. The van der Waals surface area contributed by atoms with Gasteiger partial charge in [-0.25, -0.2) is 13.6 Å². The fourth-order valence-corrected chi connectivity index (χ4v) is 4.39. The SMILES string of the molecule is CCOC(=O)CN(Cc1ccc(F)cc1)C(=O)[C@@H](CC)NC(=O)OC(C)(C)C.CC[C@H]1NC(=O)CN(Cc2ccc(F)cc2)C1=O. The second-order valence-corrected chi connectivity index (χ2v) is 11.6. The standard InChI is InChI=1S/C20H29FN2O5.C13H15FN2O2/c1-6-16(22-19(26)28-20(3,4)5)18(25)23(13-17(24)27-7-2)12-14-8-10-15(21)11-9-14;1-2-11-13(18)16(8-12(17)15-11)7-9-3-5-10(14)6-4-9/h8-11,16H,6-7,12-13H2,1-5H3,(H,22,26);3-6,11H,2,7-8H2,1H3,(H,15,17)/t16-;11-/m11/s1. The first-order chi connectivity index (χ1) is 21.6. The van der Waals surface area contributed by atoms with Gasteiger partial charge in [0.15, 0.2) is 0 Å². The van der Waals surface area contributed by atoms with Crippen LogP contribution in [0.5, 0.6) is 0 Å². The molecular weight excluding hydrogens is 602 g/mol. The van der Waals surface area contributed by atoms with E-state index in [9.17, 15) is 32.8 Å². The Morgan fingerprint density at radius 3 is 2.04 bits per heavy atom. The van der Waals surface area contributed by atoms with Crippen molar-refractivity contribution in [2.45, 2.75) is 85.2 Å². The first-order valence-electron chi connectivity index (χ1n) is 15.2. The molecule has 0 spiro atoms. The second kappa shape index (κ2) is 17.8. The molecule has 0 aromatic heterocycles. The van der Waals surface area contributed by atoms with E-state index in [0.717, 1.165) is 5.56 Å². The number of carbonyl (C=O) groups is 5. The van der Waals surface area contributed by atoms with Crippen molar-refractivity contribution in [3.8, 4) is 0 Å². The number of amides is 4. The number of halogens is 2. The summed E-state index contributed by atoms with van der Waals surface area (Å²) in [5.41, 5.74) is 0.755. The molecule has 46 heavy (non-hydrogen) atoms. The number of alkyl carbamates (subject to hydrolysis) is 1. The van der Waals surface area contributed by atoms with Gasteiger partial charge in [-0.3, -0.25) is 19.2 Å². The van der Waals surface area contributed by atoms with E-state index < -0.39 is 41.5 Å². The van der Waals surface area contributed by atoms with Crippen molar-refractivity contribution in [1.82, 2.24) is 20.4 Å². The van der Waals surface area contributed by atoms with Gasteiger partial charge in [0.2, 0.25) is 17.7 Å². The molecule has 1 aliphatic rings. The van der Waals surface area contributed by atoms with E-state index in [-0.39, 0.29) is 43.9 Å². The van der Waals surface area contributed by atoms with Gasteiger partial charge in [0.1, 0.15) is 35.9 Å². The molecule has 2 aromatic carbocycles. The number of piperazine rings is 1. The lowest BCUT2D eigenvalue weighted by Crippen LogP contribution is -2.57. The third-order valence-corrected chi connectivity index (χ3v) is 6.60. The van der Waals surface area contributed by atoms with Crippen LogP contribution in [0, 0.1) is 11.6 Å². The summed E-state index contributed by atoms with van der Waals surface area (Å²) in [5, 5.41) is 5.19. The number of hydrogen-bond donors (Lipinski definition) is 2. The third kappa shape index (κ3) is 12.8. The Kier molecular flexibility index (Phi) is 14.6. The molecule has 3 rings (SSSR count). The van der Waals surface area contributed by atoms with E-state index in [1.54, 1.807) is 46.8 Å². The van der Waals surface area contributed by atoms with E-state index >= 15 is 0 Å². The molecule has 4 amide bonds. The highest BCUT2D eigenvalue weighted by Crippen LogP contribution is 2.13. The van der Waals surface area contributed by atoms with Crippen LogP contribution in [-0.2, 0) is 41.7 Å². The monoisotopic (exact) mass is 646 g/mol. The molecule has 2 atom stereocenters. The highest BCUT2D eigenvalue weighted by Gasteiger charge is 2.31. The van der Waals surface area contributed by atoms with Crippen molar-refractivity contribution in [3.63, 3.8) is 0 Å². The molecule has 0 saturated carbocycles. The minimum atomic E-state index is -0.871. The Morgan fingerprint density at radius 2 is 1.54 bits per heavy atom. The largest absolute Gasteiger partial charge is 0.465 e. The number of nitrogens with zero attached hydrogens (tertiary/aromatic N) is 2. The van der Waals surface area contributed by atoms with Crippen LogP contribution in [0.15, 0.2) is 48.5 Å². The molecule has 2 N–H and O–H groups in total. The second-order valence-electron chi connectivity index (χ2n) is 11.6. The van der Waals surface area contributed by atoms with Crippen molar-refractivity contribution >= 4 is 29.8 Å². The summed E-state index contributed by atoms with van der Waals surface area (Å²) in [6, 6.07) is 10.2. The maximum absolute atomic E-state index is 13.1. The molecule has 1 saturated heterocycles. The van der Waals surface area contributed by atoms with Crippen LogP contribution in [-0.4, -0.2) is 77.0 Å². The first-order valence-corrected chi connectivity index (χ1v) is 15.2. The van der Waals surface area contributed by atoms with E-state index in [1.165, 1.54) is 46.2 Å². The van der Waals surface area contributed by atoms with E-state index in [0.29, 0.717) is 24.9 Å². The van der Waals surface area contributed by atoms with Crippen LogP contribution in [0.1, 0.15) is 65.5 Å². The predicted octanol–water partition coefficient (Wildman–Crippen LogP) is 4.08. The Morgan fingerprint density at radius 1 is 0.978 bits per heavy atom. The summed E-state index contributed by atoms with van der Waals surface area (Å²) in [7, 11) is 0. The molecular formula is C33H44F2N4O7. The van der Waals surface area contributed by atoms with Crippen LogP contribution in [0.2, 0.25) is 0 Å². The van der Waals surface area contributed by atoms with Gasteiger partial charge >= 0.3 is 12.1 Å². The van der Waals surface area contributed by atoms with Gasteiger partial charge in [-0.15, -0.1) is 0 Å². The van der Waals surface area contributed by atoms with Gasteiger partial charge in [-0.05, 0) is 75.9 Å². The summed E-state index contributed by atoms with van der Waals surface area (Å²) in [6.45, 7) is 10.8. The Bertz CT molecular complexity index is 1330. The molecule has 0 radical (unpaired) electrons. The van der Waals surface area contributed by atoms with E-state index in [4.69, 9.17) is 9.47 Å². The quantitative estimate of drug-likeness (QED) is 0.352. The lowest BCUT2D eigenvalue weighted by Gasteiger charge is -2.32. The van der Waals surface area contributed by atoms with Crippen molar-refractivity contribution in [2.75, 3.05) is 19.7 Å². The summed E-state index contributed by atoms with van der Waals surface area (Å²) in [5.74, 6) is -1.96. The Hall–Kier alpha value is -4.55. The van der Waals surface area contributed by atoms with Crippen LogP contribution >= 0.6 is 0 Å². The summed E-state index contributed by atoms with van der Waals surface area (Å²) < 4.78 is 36.0. The Labute approximate surface area is 268 Å². The van der Waals surface area contributed by atoms with E-state index in [1.807, 2.05) is 6.92 Å². The average molecular weight is 647 g/mol. The van der Waals surface area contributed by atoms with Crippen LogP contribution in [0.4, 0.5) is 13.6 Å². The van der Waals surface area contributed by atoms with Crippen LogP contribution < -0.4 is 10.6 Å². The summed E-state index contributed by atoms with van der Waals surface area (Å²) in [6.07, 6.45) is 0.163. The molecule has 11 nitrogen and oxygen atoms in total. The third-order valence-electron chi connectivity index (χ3n) is 6.60. The van der Waals surface area contributed by atoms with Crippen molar-refractivity contribution in [2.24, 2.45) is 0 Å².